The molecule has 0 saturated carbocycles. The van der Waals surface area contributed by atoms with Crippen molar-refractivity contribution >= 4 is 25.1 Å². The monoisotopic (exact) mass is 616 g/mol. The third kappa shape index (κ3) is 5.90. The number of aromatic hydroxyl groups is 1. The fraction of sp³-hybridized carbons (Fsp3) is 0.400. The number of nitrogens with one attached hydrogen (secondary N) is 2. The zero-order valence-electron chi connectivity index (χ0n) is 27.0. The second-order valence-electron chi connectivity index (χ2n) is 13.0. The normalized spacial score (nSPS) is 13.6. The number of hydrogen-bond acceptors (Lipinski definition) is 6. The summed E-state index contributed by atoms with van der Waals surface area (Å²) in [5.41, 5.74) is 6.05. The number of aryl methyl sites for hydroxylation is 1. The molecule has 0 unspecified atom stereocenters. The van der Waals surface area contributed by atoms with Gasteiger partial charge in [0.05, 0.1) is 39.5 Å². The maximum absolute atomic E-state index is 13.9. The van der Waals surface area contributed by atoms with E-state index in [4.69, 9.17) is 18.6 Å². The van der Waals surface area contributed by atoms with Crippen molar-refractivity contribution in [2.24, 2.45) is 0 Å². The summed E-state index contributed by atoms with van der Waals surface area (Å²) in [6.07, 6.45) is 3.97. The number of methoxy groups -OCH3 is 3. The van der Waals surface area contributed by atoms with Crippen LogP contribution in [0.3, 0.4) is 0 Å². The molecule has 8 nitrogen and oxygen atoms in total. The molecular formula is C35H44N2O6Si. The lowest BCUT2D eigenvalue weighted by atomic mass is 9.83. The highest BCUT2D eigenvalue weighted by Crippen LogP contribution is 2.49. The quantitative estimate of drug-likeness (QED) is 0.165. The van der Waals surface area contributed by atoms with Crippen LogP contribution < -0.4 is 19.5 Å². The van der Waals surface area contributed by atoms with Gasteiger partial charge in [0.2, 0.25) is 5.75 Å². The molecule has 3 aromatic carbocycles. The SMILES string of the molecule is COc1cc2c(c(OC)c1OC)CCc1cc(O)c(C(=O)N[C@@H](CO[Si](C)(C)C(C)(C)C)Cc3c[nH]c4ccccc34)cc1-2. The van der Waals surface area contributed by atoms with Crippen molar-refractivity contribution in [2.45, 2.75) is 64.2 Å². The molecule has 1 heterocycles. The van der Waals surface area contributed by atoms with E-state index in [1.165, 1.54) is 0 Å². The van der Waals surface area contributed by atoms with Crippen molar-refractivity contribution in [3.63, 3.8) is 0 Å². The van der Waals surface area contributed by atoms with Crippen molar-refractivity contribution < 1.29 is 28.5 Å². The number of aromatic amines is 1. The van der Waals surface area contributed by atoms with E-state index in [1.807, 2.05) is 30.5 Å². The minimum atomic E-state index is -2.09. The van der Waals surface area contributed by atoms with E-state index in [9.17, 15) is 9.90 Å². The van der Waals surface area contributed by atoms with Crippen LogP contribution in [0.25, 0.3) is 22.0 Å². The lowest BCUT2D eigenvalue weighted by molar-refractivity contribution is 0.0916. The Hall–Kier alpha value is -3.95. The van der Waals surface area contributed by atoms with Crippen molar-refractivity contribution in [3.05, 3.63) is 70.9 Å². The highest BCUT2D eigenvalue weighted by Gasteiger charge is 2.38. The van der Waals surface area contributed by atoms with E-state index >= 15 is 0 Å². The molecule has 0 fully saturated rings. The van der Waals surface area contributed by atoms with Gasteiger partial charge >= 0.3 is 0 Å². The van der Waals surface area contributed by atoms with Crippen molar-refractivity contribution in [2.75, 3.05) is 27.9 Å². The Balaban J connectivity index is 1.49. The zero-order chi connectivity index (χ0) is 31.8. The second-order valence-corrected chi connectivity index (χ2v) is 17.8. The molecule has 9 heteroatoms. The van der Waals surface area contributed by atoms with Gasteiger partial charge < -0.3 is 34.0 Å². The molecule has 1 aliphatic rings. The van der Waals surface area contributed by atoms with E-state index in [0.717, 1.165) is 38.7 Å². The first-order chi connectivity index (χ1) is 20.9. The molecule has 4 aromatic rings. The van der Waals surface area contributed by atoms with Gasteiger partial charge in [-0.2, -0.15) is 0 Å². The second kappa shape index (κ2) is 12.2. The maximum Gasteiger partial charge on any atom is 0.255 e. The zero-order valence-corrected chi connectivity index (χ0v) is 28.0. The fourth-order valence-corrected chi connectivity index (χ4v) is 6.79. The molecule has 5 rings (SSSR count). The van der Waals surface area contributed by atoms with Gasteiger partial charge in [0.15, 0.2) is 19.8 Å². The highest BCUT2D eigenvalue weighted by atomic mass is 28.4. The van der Waals surface area contributed by atoms with Crippen LogP contribution in [-0.4, -0.2) is 58.3 Å². The number of carbonyl (C=O) groups excluding carboxylic acids is 1. The first-order valence-corrected chi connectivity index (χ1v) is 18.0. The number of ether oxygens (including phenoxy) is 3. The largest absolute Gasteiger partial charge is 0.507 e. The smallest absolute Gasteiger partial charge is 0.255 e. The molecule has 0 radical (unpaired) electrons. The predicted octanol–water partition coefficient (Wildman–Crippen LogP) is 7.03. The summed E-state index contributed by atoms with van der Waals surface area (Å²) in [6, 6.07) is 13.2. The molecule has 1 amide bonds. The maximum atomic E-state index is 13.9. The number of rotatable bonds is 10. The fourth-order valence-electron chi connectivity index (χ4n) is 5.74. The van der Waals surface area contributed by atoms with Crippen LogP contribution >= 0.6 is 0 Å². The van der Waals surface area contributed by atoms with Crippen LogP contribution in [0.2, 0.25) is 18.1 Å². The molecule has 0 spiro atoms. The van der Waals surface area contributed by atoms with Gasteiger partial charge in [-0.15, -0.1) is 0 Å². The number of benzene rings is 3. The molecule has 0 bridgehead atoms. The molecule has 3 N–H and O–H groups in total. The van der Waals surface area contributed by atoms with Gasteiger partial charge in [-0.3, -0.25) is 4.79 Å². The number of phenols is 1. The van der Waals surface area contributed by atoms with Crippen LogP contribution in [0.5, 0.6) is 23.0 Å². The molecule has 44 heavy (non-hydrogen) atoms. The Morgan fingerprint density at radius 2 is 1.73 bits per heavy atom. The summed E-state index contributed by atoms with van der Waals surface area (Å²) in [6.45, 7) is 11.4. The molecule has 1 atom stereocenters. The Kier molecular flexibility index (Phi) is 8.73. The Bertz CT molecular complexity index is 1690. The van der Waals surface area contributed by atoms with Crippen LogP contribution in [0, 0.1) is 0 Å². The first kappa shape index (κ1) is 31.5. The number of phenolic OH excluding ortho intramolecular Hbond substituents is 1. The van der Waals surface area contributed by atoms with Gasteiger partial charge in [0, 0.05) is 22.7 Å². The van der Waals surface area contributed by atoms with E-state index in [-0.39, 0.29) is 28.3 Å². The number of hydrogen-bond donors (Lipinski definition) is 3. The van der Waals surface area contributed by atoms with Gasteiger partial charge in [-0.1, -0.05) is 39.0 Å². The highest BCUT2D eigenvalue weighted by molar-refractivity contribution is 6.74. The van der Waals surface area contributed by atoms with Crippen molar-refractivity contribution in [3.8, 4) is 34.1 Å². The standard InChI is InChI=1S/C35H44N2O6Si/c1-35(2,3)44(7,8)43-20-23(15-22-19-36-29-12-10-9-11-24(22)29)37-34(39)28-17-26-21(16-30(28)38)13-14-25-27(26)18-31(40-4)33(42-6)32(25)41-5/h9-12,16-19,23,36,38H,13-15,20H2,1-8H3,(H,37,39)/t23-/m1/s1. The average molecular weight is 617 g/mol. The first-order valence-electron chi connectivity index (χ1n) is 15.1. The van der Waals surface area contributed by atoms with Gasteiger partial charge in [0.25, 0.3) is 5.91 Å². The van der Waals surface area contributed by atoms with Gasteiger partial charge in [-0.05, 0) is 83.9 Å². The van der Waals surface area contributed by atoms with Gasteiger partial charge in [0.1, 0.15) is 5.75 Å². The summed E-state index contributed by atoms with van der Waals surface area (Å²) >= 11 is 0. The molecule has 1 aliphatic carbocycles. The number of aromatic nitrogens is 1. The topological polar surface area (TPSA) is 102 Å². The van der Waals surface area contributed by atoms with Crippen LogP contribution in [-0.2, 0) is 23.7 Å². The molecule has 1 aromatic heterocycles. The number of carbonyl (C=O) groups is 1. The number of para-hydroxylation sites is 1. The van der Waals surface area contributed by atoms with E-state index in [2.05, 4.69) is 50.2 Å². The van der Waals surface area contributed by atoms with E-state index < -0.39 is 8.32 Å². The number of H-pyrrole nitrogens is 1. The lowest BCUT2D eigenvalue weighted by Crippen LogP contribution is -2.47. The third-order valence-corrected chi connectivity index (χ3v) is 13.8. The third-order valence-electron chi connectivity index (χ3n) is 9.26. The van der Waals surface area contributed by atoms with E-state index in [1.54, 1.807) is 33.5 Å². The summed E-state index contributed by atoms with van der Waals surface area (Å²) < 4.78 is 23.6. The Morgan fingerprint density at radius 3 is 2.41 bits per heavy atom. The summed E-state index contributed by atoms with van der Waals surface area (Å²) in [7, 11) is 2.70. The predicted molar refractivity (Wildman–Crippen MR) is 177 cm³/mol. The number of amides is 1. The van der Waals surface area contributed by atoms with Crippen LogP contribution in [0.15, 0.2) is 48.7 Å². The minimum absolute atomic E-state index is 0.0251. The average Bonchev–Trinajstić information content (AvgIpc) is 3.40. The summed E-state index contributed by atoms with van der Waals surface area (Å²) in [4.78, 5) is 17.3. The van der Waals surface area contributed by atoms with Crippen LogP contribution in [0.4, 0.5) is 0 Å². The molecule has 0 aliphatic heterocycles. The minimum Gasteiger partial charge on any atom is -0.507 e. The summed E-state index contributed by atoms with van der Waals surface area (Å²) in [5.74, 6) is 1.29. The van der Waals surface area contributed by atoms with Crippen molar-refractivity contribution in [1.82, 2.24) is 10.3 Å². The Labute approximate surface area is 260 Å². The van der Waals surface area contributed by atoms with Crippen LogP contribution in [0.1, 0.15) is 47.8 Å². The lowest BCUT2D eigenvalue weighted by Gasteiger charge is -2.37. The molecule has 0 saturated heterocycles. The van der Waals surface area contributed by atoms with Crippen molar-refractivity contribution in [1.29, 1.82) is 0 Å². The van der Waals surface area contributed by atoms with Gasteiger partial charge in [-0.25, -0.2) is 0 Å². The molecular weight excluding hydrogens is 572 g/mol. The summed E-state index contributed by atoms with van der Waals surface area (Å²) in [5, 5.41) is 15.4. The number of fused-ring (bicyclic) bond motifs is 4. The van der Waals surface area contributed by atoms with E-state index in [0.29, 0.717) is 43.1 Å². The Morgan fingerprint density at radius 1 is 1.00 bits per heavy atom. The molecule has 234 valence electrons.